The van der Waals surface area contributed by atoms with Gasteiger partial charge in [0.2, 0.25) is 0 Å². The molecule has 4 aromatic carbocycles. The van der Waals surface area contributed by atoms with E-state index in [0.717, 1.165) is 82.4 Å². The highest BCUT2D eigenvalue weighted by Crippen LogP contribution is 2.25. The maximum Gasteiger partial charge on any atom is 0.138 e. The highest BCUT2D eigenvalue weighted by molar-refractivity contribution is 5.80. The molecule has 0 aliphatic rings. The summed E-state index contributed by atoms with van der Waals surface area (Å²) in [6.45, 7) is 1.46. The van der Waals surface area contributed by atoms with E-state index in [1.54, 1.807) is 0 Å². The van der Waals surface area contributed by atoms with Gasteiger partial charge in [-0.1, -0.05) is 74.2 Å². The number of para-hydroxylation sites is 4. The monoisotopic (exact) mass is 530 g/mol. The van der Waals surface area contributed by atoms with Crippen molar-refractivity contribution >= 4 is 22.1 Å². The van der Waals surface area contributed by atoms with Crippen LogP contribution in [-0.2, 0) is 0 Å². The van der Waals surface area contributed by atoms with Crippen LogP contribution < -0.4 is 9.47 Å². The molecule has 6 heteroatoms. The molecule has 0 amide bonds. The highest BCUT2D eigenvalue weighted by Gasteiger charge is 2.07. The second-order valence-corrected chi connectivity index (χ2v) is 10.1. The Morgan fingerprint density at radius 1 is 0.475 bits per heavy atom. The molecule has 40 heavy (non-hydrogen) atoms. The molecule has 0 radical (unpaired) electrons. The number of unbranched alkanes of at least 4 members (excludes halogenated alkanes) is 5. The molecule has 0 fully saturated rings. The summed E-state index contributed by atoms with van der Waals surface area (Å²) in [5, 5.41) is 0. The Morgan fingerprint density at radius 3 is 1.40 bits per heavy atom. The lowest BCUT2D eigenvalue weighted by Crippen LogP contribution is -1.99. The van der Waals surface area contributed by atoms with Crippen LogP contribution in [0, 0.1) is 0 Å². The van der Waals surface area contributed by atoms with Gasteiger partial charge in [-0.15, -0.1) is 0 Å². The largest absolute Gasteiger partial charge is 0.494 e. The minimum Gasteiger partial charge on any atom is -0.494 e. The number of hydrogen-bond donors (Lipinski definition) is 2. The Hall–Kier alpha value is -4.58. The van der Waals surface area contributed by atoms with E-state index < -0.39 is 0 Å². The van der Waals surface area contributed by atoms with Gasteiger partial charge in [-0.05, 0) is 61.4 Å². The number of nitrogens with one attached hydrogen (secondary N) is 2. The van der Waals surface area contributed by atoms with E-state index in [-0.39, 0.29) is 0 Å². The summed E-state index contributed by atoms with van der Waals surface area (Å²) in [5.41, 5.74) is 6.12. The van der Waals surface area contributed by atoms with E-state index in [1.807, 2.05) is 72.8 Å². The Morgan fingerprint density at radius 2 is 0.925 bits per heavy atom. The molecular formula is C34H34N4O2. The summed E-state index contributed by atoms with van der Waals surface area (Å²) in [5.74, 6) is 3.52. The topological polar surface area (TPSA) is 75.8 Å². The third kappa shape index (κ3) is 6.34. The molecule has 0 atom stereocenters. The molecule has 0 saturated carbocycles. The Labute approximate surface area is 234 Å². The zero-order valence-electron chi connectivity index (χ0n) is 22.6. The predicted octanol–water partition coefficient (Wildman–Crippen LogP) is 8.57. The van der Waals surface area contributed by atoms with E-state index in [0.29, 0.717) is 0 Å². The molecule has 2 N–H and O–H groups in total. The predicted molar refractivity (Wildman–Crippen MR) is 162 cm³/mol. The number of nitrogens with zero attached hydrogens (tertiary/aromatic N) is 2. The lowest BCUT2D eigenvalue weighted by Gasteiger charge is -2.08. The molecule has 0 saturated heterocycles. The van der Waals surface area contributed by atoms with E-state index >= 15 is 0 Å². The van der Waals surface area contributed by atoms with Crippen LogP contribution in [0.4, 0.5) is 0 Å². The van der Waals surface area contributed by atoms with Crippen molar-refractivity contribution in [3.05, 3.63) is 97.1 Å². The summed E-state index contributed by atoms with van der Waals surface area (Å²) < 4.78 is 12.1. The van der Waals surface area contributed by atoms with Crippen molar-refractivity contribution in [1.29, 1.82) is 0 Å². The molecule has 6 aromatic rings. The van der Waals surface area contributed by atoms with Crippen molar-refractivity contribution in [2.24, 2.45) is 0 Å². The normalized spacial score (nSPS) is 11.3. The first-order valence-corrected chi connectivity index (χ1v) is 14.2. The van der Waals surface area contributed by atoms with Crippen LogP contribution >= 0.6 is 0 Å². The summed E-state index contributed by atoms with van der Waals surface area (Å²) in [7, 11) is 0. The first-order valence-electron chi connectivity index (χ1n) is 14.2. The average molecular weight is 531 g/mol. The lowest BCUT2D eigenvalue weighted by molar-refractivity contribution is 0.297. The van der Waals surface area contributed by atoms with Crippen molar-refractivity contribution in [3.8, 4) is 34.3 Å². The maximum atomic E-state index is 6.03. The molecule has 2 aromatic heterocycles. The highest BCUT2D eigenvalue weighted by atomic mass is 16.5. The van der Waals surface area contributed by atoms with Crippen molar-refractivity contribution in [3.63, 3.8) is 0 Å². The van der Waals surface area contributed by atoms with Gasteiger partial charge in [0.1, 0.15) is 23.1 Å². The summed E-state index contributed by atoms with van der Waals surface area (Å²) >= 11 is 0. The molecule has 0 aliphatic heterocycles. The number of hydrogen-bond acceptors (Lipinski definition) is 4. The third-order valence-corrected chi connectivity index (χ3v) is 7.07. The molecular weight excluding hydrogens is 496 g/mol. The first kappa shape index (κ1) is 25.7. The van der Waals surface area contributed by atoms with E-state index in [4.69, 9.17) is 19.4 Å². The van der Waals surface area contributed by atoms with E-state index in [1.165, 1.54) is 25.7 Å². The number of fused-ring (bicyclic) bond motifs is 2. The standard InChI is InChI=1S/C34H34N4O2/c1(3-9-21-39-27-15-11-13-25(23-27)33-35-29-17-5-6-18-30(29)36-33)2-4-10-22-40-28-16-12-14-26(24-28)34-37-31-19-7-8-20-32(31)38-34/h5-8,11-20,23-24H,1-4,9-10,21-22H2,(H,35,36)(H,37,38). The van der Waals surface area contributed by atoms with Crippen molar-refractivity contribution < 1.29 is 9.47 Å². The van der Waals surface area contributed by atoms with Gasteiger partial charge in [-0.3, -0.25) is 0 Å². The number of ether oxygens (including phenoxy) is 2. The summed E-state index contributed by atoms with van der Waals surface area (Å²) in [6, 6.07) is 32.5. The molecule has 0 spiro atoms. The van der Waals surface area contributed by atoms with E-state index in [2.05, 4.69) is 34.2 Å². The fraction of sp³-hybridized carbons (Fsp3) is 0.235. The van der Waals surface area contributed by atoms with Gasteiger partial charge in [-0.2, -0.15) is 0 Å². The minimum atomic E-state index is 0.730. The van der Waals surface area contributed by atoms with E-state index in [9.17, 15) is 0 Å². The molecule has 0 aliphatic carbocycles. The Bertz CT molecular complexity index is 1490. The zero-order valence-corrected chi connectivity index (χ0v) is 22.6. The molecule has 0 bridgehead atoms. The number of imidazole rings is 2. The number of benzene rings is 4. The SMILES string of the molecule is c1cc(OCCCCCCCCOc2cccc(-c3nc4ccccc4[nH]3)c2)cc(-c2nc3ccccc3[nH]2)c1. The van der Waals surface area contributed by atoms with Crippen LogP contribution in [0.2, 0.25) is 0 Å². The van der Waals surface area contributed by atoms with Gasteiger partial charge in [0, 0.05) is 11.1 Å². The summed E-state index contributed by atoms with van der Waals surface area (Å²) in [4.78, 5) is 16.2. The number of aromatic amines is 2. The van der Waals surface area contributed by atoms with Gasteiger partial charge in [0.05, 0.1) is 35.3 Å². The zero-order chi connectivity index (χ0) is 27.0. The molecule has 6 nitrogen and oxygen atoms in total. The van der Waals surface area contributed by atoms with Crippen molar-refractivity contribution in [2.75, 3.05) is 13.2 Å². The molecule has 0 unspecified atom stereocenters. The average Bonchev–Trinajstić information content (AvgIpc) is 3.63. The number of aromatic nitrogens is 4. The van der Waals surface area contributed by atoms with Crippen LogP contribution in [0.5, 0.6) is 11.5 Å². The van der Waals surface area contributed by atoms with Gasteiger partial charge in [0.25, 0.3) is 0 Å². The Balaban J connectivity index is 0.863. The van der Waals surface area contributed by atoms with Gasteiger partial charge in [-0.25, -0.2) is 9.97 Å². The van der Waals surface area contributed by atoms with Crippen LogP contribution in [0.3, 0.4) is 0 Å². The first-order chi connectivity index (χ1) is 19.8. The van der Waals surface area contributed by atoms with Crippen LogP contribution in [0.25, 0.3) is 44.8 Å². The quantitative estimate of drug-likeness (QED) is 0.147. The third-order valence-electron chi connectivity index (χ3n) is 7.07. The second kappa shape index (κ2) is 12.5. The lowest BCUT2D eigenvalue weighted by atomic mass is 10.1. The van der Waals surface area contributed by atoms with Crippen LogP contribution in [0.1, 0.15) is 38.5 Å². The van der Waals surface area contributed by atoms with Crippen LogP contribution in [0.15, 0.2) is 97.1 Å². The fourth-order valence-corrected chi connectivity index (χ4v) is 4.94. The molecule has 2 heterocycles. The fourth-order valence-electron chi connectivity index (χ4n) is 4.94. The minimum absolute atomic E-state index is 0.730. The number of rotatable bonds is 13. The number of H-pyrrole nitrogens is 2. The molecule has 6 rings (SSSR count). The van der Waals surface area contributed by atoms with Crippen LogP contribution in [-0.4, -0.2) is 33.1 Å². The second-order valence-electron chi connectivity index (χ2n) is 10.1. The van der Waals surface area contributed by atoms with Gasteiger partial charge in [0.15, 0.2) is 0 Å². The van der Waals surface area contributed by atoms with Crippen molar-refractivity contribution in [1.82, 2.24) is 19.9 Å². The molecule has 202 valence electrons. The summed E-state index contributed by atoms with van der Waals surface area (Å²) in [6.07, 6.45) is 6.88. The van der Waals surface area contributed by atoms with Gasteiger partial charge < -0.3 is 19.4 Å². The van der Waals surface area contributed by atoms with Crippen molar-refractivity contribution in [2.45, 2.75) is 38.5 Å². The Kier molecular flexibility index (Phi) is 8.04. The van der Waals surface area contributed by atoms with Gasteiger partial charge >= 0.3 is 0 Å². The maximum absolute atomic E-state index is 6.03. The smallest absolute Gasteiger partial charge is 0.138 e.